The number of carbonyl (C=O) groups excluding carboxylic acids is 2. The van der Waals surface area contributed by atoms with Crippen LogP contribution in [0.3, 0.4) is 0 Å². The van der Waals surface area contributed by atoms with Gasteiger partial charge in [-0.2, -0.15) is 0 Å². The zero-order valence-electron chi connectivity index (χ0n) is 21.5. The van der Waals surface area contributed by atoms with E-state index in [0.29, 0.717) is 24.0 Å². The molecule has 0 bridgehead atoms. The first-order valence-corrected chi connectivity index (χ1v) is 13.1. The number of aliphatic hydroxyl groups excluding tert-OH is 4. The van der Waals surface area contributed by atoms with Crippen molar-refractivity contribution in [3.8, 4) is 5.75 Å². The molecule has 0 heterocycles. The molecule has 2 unspecified atom stereocenters. The maximum atomic E-state index is 13.4. The molecule has 210 valence electrons. The molecule has 0 saturated heterocycles. The Labute approximate surface area is 230 Å². The molecule has 0 spiro atoms. The normalized spacial score (nSPS) is 24.2. The Kier molecular flexibility index (Phi) is 8.15. The fourth-order valence-corrected chi connectivity index (χ4v) is 5.40. The number of para-hydroxylation sites is 1. The van der Waals surface area contributed by atoms with E-state index in [9.17, 15) is 35.1 Å². The van der Waals surface area contributed by atoms with Crippen molar-refractivity contribution in [2.24, 2.45) is 0 Å². The molecule has 0 radical (unpaired) electrons. The lowest BCUT2D eigenvalue weighted by Gasteiger charge is -2.35. The Balaban J connectivity index is 1.32. The van der Waals surface area contributed by atoms with Gasteiger partial charge in [-0.15, -0.1) is 0 Å². The molecule has 10 heteroatoms. The molecule has 10 nitrogen and oxygen atoms in total. The van der Waals surface area contributed by atoms with Gasteiger partial charge < -0.3 is 40.9 Å². The van der Waals surface area contributed by atoms with E-state index >= 15 is 0 Å². The zero-order chi connectivity index (χ0) is 28.4. The number of benzene rings is 3. The Morgan fingerprint density at radius 1 is 0.725 bits per heavy atom. The highest BCUT2D eigenvalue weighted by atomic mass is 16.5. The van der Waals surface area contributed by atoms with Crippen LogP contribution in [0.25, 0.3) is 0 Å². The SMILES string of the molecule is O=C(NC1c2ccccc2C[C@@H]1O)[C@H]([O-])[C@H](O)[C@@H](O)[C@@H](Oc1ccccc1)C(=O)NC1c2ccccc2C[C@@H]1O. The molecule has 2 aliphatic rings. The molecule has 0 aromatic heterocycles. The van der Waals surface area contributed by atoms with Gasteiger partial charge in [0.2, 0.25) is 12.0 Å². The minimum Gasteiger partial charge on any atom is -0.843 e. The summed E-state index contributed by atoms with van der Waals surface area (Å²) in [5.74, 6) is -1.85. The van der Waals surface area contributed by atoms with Gasteiger partial charge in [0.25, 0.3) is 5.91 Å². The maximum Gasteiger partial charge on any atom is 0.264 e. The third kappa shape index (κ3) is 5.58. The average molecular weight is 548 g/mol. The summed E-state index contributed by atoms with van der Waals surface area (Å²) in [6.07, 6.45) is -9.83. The van der Waals surface area contributed by atoms with Crippen molar-refractivity contribution < 1.29 is 39.9 Å². The van der Waals surface area contributed by atoms with Gasteiger partial charge in [0.05, 0.1) is 30.4 Å². The second-order valence-corrected chi connectivity index (χ2v) is 10.2. The number of hydrogen-bond donors (Lipinski definition) is 6. The Hall–Kier alpha value is -3.80. The number of amides is 2. The van der Waals surface area contributed by atoms with Crippen LogP contribution in [-0.2, 0) is 22.4 Å². The highest BCUT2D eigenvalue weighted by Crippen LogP contribution is 2.32. The Bertz CT molecular complexity index is 1350. The first-order chi connectivity index (χ1) is 19.2. The molecular weight excluding hydrogens is 516 g/mol. The van der Waals surface area contributed by atoms with E-state index in [2.05, 4.69) is 10.6 Å². The maximum absolute atomic E-state index is 13.4. The number of aliphatic hydroxyl groups is 4. The van der Waals surface area contributed by atoms with Crippen LogP contribution in [0, 0.1) is 0 Å². The summed E-state index contributed by atoms with van der Waals surface area (Å²) >= 11 is 0. The topological polar surface area (TPSA) is 171 Å². The van der Waals surface area contributed by atoms with Crippen LogP contribution in [0.15, 0.2) is 78.9 Å². The summed E-state index contributed by atoms with van der Waals surface area (Å²) in [5.41, 5.74) is 3.04. The molecule has 40 heavy (non-hydrogen) atoms. The average Bonchev–Trinajstić information content (AvgIpc) is 3.45. The predicted molar refractivity (Wildman–Crippen MR) is 141 cm³/mol. The summed E-state index contributed by atoms with van der Waals surface area (Å²) in [6.45, 7) is 0. The fraction of sp³-hybridized carbons (Fsp3) is 0.333. The first-order valence-electron chi connectivity index (χ1n) is 13.1. The molecule has 2 amide bonds. The number of nitrogens with one attached hydrogen (secondary N) is 2. The van der Waals surface area contributed by atoms with E-state index in [-0.39, 0.29) is 5.75 Å². The number of rotatable bonds is 9. The molecule has 8 atom stereocenters. The van der Waals surface area contributed by atoms with Crippen LogP contribution in [-0.4, -0.2) is 68.9 Å². The van der Waals surface area contributed by atoms with Crippen molar-refractivity contribution in [2.45, 2.75) is 61.5 Å². The van der Waals surface area contributed by atoms with Crippen molar-refractivity contribution >= 4 is 11.8 Å². The van der Waals surface area contributed by atoms with Crippen LogP contribution in [0.5, 0.6) is 5.75 Å². The standard InChI is InChI=1S/C30H31N2O8/c33-21-14-16-8-4-6-12-19(16)23(21)31-29(38)27(37)25(35)26(36)28(40-18-10-2-1-3-11-18)30(39)32-24-20-13-7-5-9-17(20)15-22(24)34/h1-13,21-28,33-36H,14-15H2,(H,31,38)(H,32,39)/q-1/t21-,22-,23?,24?,25+,26+,27+,28+/m0/s1. The van der Waals surface area contributed by atoms with Crippen LogP contribution < -0.4 is 20.5 Å². The van der Waals surface area contributed by atoms with Crippen molar-refractivity contribution in [1.82, 2.24) is 10.6 Å². The fourth-order valence-electron chi connectivity index (χ4n) is 5.40. The second kappa shape index (κ2) is 11.7. The van der Waals surface area contributed by atoms with Gasteiger partial charge in [0.1, 0.15) is 11.9 Å². The van der Waals surface area contributed by atoms with Crippen LogP contribution >= 0.6 is 0 Å². The first kappa shape index (κ1) is 27.8. The van der Waals surface area contributed by atoms with Crippen molar-refractivity contribution in [1.29, 1.82) is 0 Å². The lowest BCUT2D eigenvalue weighted by atomic mass is 9.99. The lowest BCUT2D eigenvalue weighted by Crippen LogP contribution is -2.61. The van der Waals surface area contributed by atoms with Gasteiger partial charge in [-0.3, -0.25) is 9.59 Å². The predicted octanol–water partition coefficient (Wildman–Crippen LogP) is -0.566. The van der Waals surface area contributed by atoms with Gasteiger partial charge >= 0.3 is 0 Å². The molecule has 3 aromatic rings. The molecule has 5 rings (SSSR count). The van der Waals surface area contributed by atoms with E-state index in [1.165, 1.54) is 12.1 Å². The van der Waals surface area contributed by atoms with Crippen molar-refractivity contribution in [3.05, 3.63) is 101 Å². The number of carbonyl (C=O) groups is 2. The van der Waals surface area contributed by atoms with E-state index in [1.807, 2.05) is 18.2 Å². The molecule has 0 aliphatic heterocycles. The molecule has 0 fully saturated rings. The third-order valence-electron chi connectivity index (χ3n) is 7.50. The minimum absolute atomic E-state index is 0.179. The highest BCUT2D eigenvalue weighted by molar-refractivity contribution is 5.84. The molecule has 0 saturated carbocycles. The summed E-state index contributed by atoms with van der Waals surface area (Å²) in [4.78, 5) is 26.2. The van der Waals surface area contributed by atoms with E-state index in [4.69, 9.17) is 4.74 Å². The summed E-state index contributed by atoms with van der Waals surface area (Å²) in [5, 5.41) is 60.9. The molecule has 2 aliphatic carbocycles. The lowest BCUT2D eigenvalue weighted by molar-refractivity contribution is -0.426. The highest BCUT2D eigenvalue weighted by Gasteiger charge is 2.41. The monoisotopic (exact) mass is 547 g/mol. The Morgan fingerprint density at radius 2 is 1.20 bits per heavy atom. The summed E-state index contributed by atoms with van der Waals surface area (Å²) < 4.78 is 5.71. The molecular formula is C30H31N2O8-. The van der Waals surface area contributed by atoms with Gasteiger partial charge in [-0.1, -0.05) is 66.7 Å². The van der Waals surface area contributed by atoms with Crippen LogP contribution in [0.4, 0.5) is 0 Å². The molecule has 3 aromatic carbocycles. The second-order valence-electron chi connectivity index (χ2n) is 10.2. The minimum atomic E-state index is -2.40. The van der Waals surface area contributed by atoms with Gasteiger partial charge in [0, 0.05) is 12.8 Å². The summed E-state index contributed by atoms with van der Waals surface area (Å²) in [7, 11) is 0. The number of fused-ring (bicyclic) bond motifs is 2. The van der Waals surface area contributed by atoms with E-state index in [1.54, 1.807) is 48.5 Å². The van der Waals surface area contributed by atoms with E-state index < -0.39 is 60.5 Å². The number of ether oxygens (including phenoxy) is 1. The van der Waals surface area contributed by atoms with Gasteiger partial charge in [-0.25, -0.2) is 0 Å². The summed E-state index contributed by atoms with van der Waals surface area (Å²) in [6, 6.07) is 20.7. The molecule has 6 N–H and O–H groups in total. The van der Waals surface area contributed by atoms with Crippen molar-refractivity contribution in [3.63, 3.8) is 0 Å². The smallest absolute Gasteiger partial charge is 0.264 e. The van der Waals surface area contributed by atoms with E-state index in [0.717, 1.165) is 11.1 Å². The Morgan fingerprint density at radius 3 is 1.75 bits per heavy atom. The number of hydrogen-bond acceptors (Lipinski definition) is 8. The van der Waals surface area contributed by atoms with Crippen molar-refractivity contribution in [2.75, 3.05) is 0 Å². The van der Waals surface area contributed by atoms with Crippen LogP contribution in [0.2, 0.25) is 0 Å². The van der Waals surface area contributed by atoms with Crippen LogP contribution in [0.1, 0.15) is 34.3 Å². The largest absolute Gasteiger partial charge is 0.843 e. The van der Waals surface area contributed by atoms with Gasteiger partial charge in [0.15, 0.2) is 0 Å². The zero-order valence-corrected chi connectivity index (χ0v) is 21.5. The quantitative estimate of drug-likeness (QED) is 0.207. The third-order valence-corrected chi connectivity index (χ3v) is 7.50. The van der Waals surface area contributed by atoms with Gasteiger partial charge in [-0.05, 0) is 40.5 Å².